The summed E-state index contributed by atoms with van der Waals surface area (Å²) >= 11 is 0. The van der Waals surface area contributed by atoms with Crippen molar-refractivity contribution in [2.45, 2.75) is 57.6 Å². The van der Waals surface area contributed by atoms with Gasteiger partial charge in [-0.2, -0.15) is 0 Å². The molecule has 1 fully saturated rings. The zero-order valence-corrected chi connectivity index (χ0v) is 13.2. The Morgan fingerprint density at radius 2 is 1.95 bits per heavy atom. The first-order chi connectivity index (χ1) is 10.5. The summed E-state index contributed by atoms with van der Waals surface area (Å²) in [6, 6.07) is 6.75. The molecule has 1 aliphatic carbocycles. The number of aliphatic hydroxyl groups excluding tert-OH is 1. The van der Waals surface area contributed by atoms with E-state index in [1.165, 1.54) is 19.3 Å². The van der Waals surface area contributed by atoms with Crippen LogP contribution in [0, 0.1) is 12.8 Å². The van der Waals surface area contributed by atoms with Crippen LogP contribution in [0.3, 0.4) is 0 Å². The zero-order valence-electron chi connectivity index (χ0n) is 13.2. The van der Waals surface area contributed by atoms with Crippen LogP contribution < -0.4 is 16.6 Å². The van der Waals surface area contributed by atoms with Gasteiger partial charge in [0.15, 0.2) is 0 Å². The Morgan fingerprint density at radius 1 is 1.32 bits per heavy atom. The molecule has 1 aromatic rings. The number of rotatable bonds is 5. The first-order valence-corrected chi connectivity index (χ1v) is 8.08. The Balaban J connectivity index is 1.96. The lowest BCUT2D eigenvalue weighted by atomic mass is 9.84. The highest BCUT2D eigenvalue weighted by atomic mass is 16.3. The Labute approximate surface area is 132 Å². The number of nitrogens with zero attached hydrogens (tertiary/aromatic N) is 1. The Morgan fingerprint density at radius 3 is 2.59 bits per heavy atom. The van der Waals surface area contributed by atoms with Crippen molar-refractivity contribution in [1.29, 1.82) is 0 Å². The van der Waals surface area contributed by atoms with Gasteiger partial charge in [-0.1, -0.05) is 50.3 Å². The quantitative estimate of drug-likeness (QED) is 0.440. The van der Waals surface area contributed by atoms with Gasteiger partial charge in [-0.3, -0.25) is 4.79 Å². The molecule has 5 heteroatoms. The molecule has 1 aromatic carbocycles. The number of para-hydroxylation sites is 1. The van der Waals surface area contributed by atoms with Crippen molar-refractivity contribution >= 4 is 11.6 Å². The zero-order chi connectivity index (χ0) is 16.1. The standard InChI is InChI=1S/C17H27N3O2/c1-12-7-5-6-10-15(12)20(19)17(22)16(21)14(18)11-13-8-3-2-4-9-13/h5-7,10,13-14,16,21H,2-4,8-9,11,18-19H2,1H3/t14-,16?/m1/s1. The Bertz CT molecular complexity index is 500. The van der Waals surface area contributed by atoms with Crippen LogP contribution >= 0.6 is 0 Å². The fourth-order valence-electron chi connectivity index (χ4n) is 3.21. The molecule has 1 amide bonds. The van der Waals surface area contributed by atoms with Crippen LogP contribution in [0.4, 0.5) is 5.69 Å². The van der Waals surface area contributed by atoms with Crippen molar-refractivity contribution in [3.63, 3.8) is 0 Å². The van der Waals surface area contributed by atoms with Crippen molar-refractivity contribution < 1.29 is 9.90 Å². The summed E-state index contributed by atoms with van der Waals surface area (Å²) in [7, 11) is 0. The number of anilines is 1. The fourth-order valence-corrected chi connectivity index (χ4v) is 3.21. The number of amides is 1. The lowest BCUT2D eigenvalue weighted by Crippen LogP contribution is -2.52. The highest BCUT2D eigenvalue weighted by Crippen LogP contribution is 2.28. The Kier molecular flexibility index (Phi) is 5.94. The summed E-state index contributed by atoms with van der Waals surface area (Å²) in [6.45, 7) is 1.87. The van der Waals surface area contributed by atoms with Crippen molar-refractivity contribution in [3.8, 4) is 0 Å². The van der Waals surface area contributed by atoms with Crippen LogP contribution in [-0.2, 0) is 4.79 Å². The smallest absolute Gasteiger partial charge is 0.271 e. The third-order valence-electron chi connectivity index (χ3n) is 4.60. The van der Waals surface area contributed by atoms with E-state index in [2.05, 4.69) is 0 Å². The molecule has 0 radical (unpaired) electrons. The van der Waals surface area contributed by atoms with Gasteiger partial charge in [0.05, 0.1) is 5.69 Å². The van der Waals surface area contributed by atoms with Crippen LogP contribution in [0.1, 0.15) is 44.1 Å². The number of hydrogen-bond acceptors (Lipinski definition) is 4. The molecule has 2 rings (SSSR count). The molecular formula is C17H27N3O2. The van der Waals surface area contributed by atoms with Gasteiger partial charge in [0.2, 0.25) is 0 Å². The van der Waals surface area contributed by atoms with Gasteiger partial charge in [-0.25, -0.2) is 10.9 Å². The molecule has 0 spiro atoms. The maximum Gasteiger partial charge on any atom is 0.271 e. The number of hydrazine groups is 1. The highest BCUT2D eigenvalue weighted by Gasteiger charge is 2.29. The van der Waals surface area contributed by atoms with E-state index >= 15 is 0 Å². The molecule has 0 bridgehead atoms. The molecule has 1 saturated carbocycles. The van der Waals surface area contributed by atoms with E-state index < -0.39 is 18.1 Å². The van der Waals surface area contributed by atoms with Crippen molar-refractivity contribution in [2.75, 3.05) is 5.01 Å². The summed E-state index contributed by atoms with van der Waals surface area (Å²) < 4.78 is 0. The molecule has 0 heterocycles. The molecule has 5 N–H and O–H groups in total. The van der Waals surface area contributed by atoms with Crippen molar-refractivity contribution in [3.05, 3.63) is 29.8 Å². The molecule has 0 saturated heterocycles. The molecule has 1 unspecified atom stereocenters. The number of benzene rings is 1. The number of aliphatic hydroxyl groups is 1. The average Bonchev–Trinajstić information content (AvgIpc) is 2.54. The minimum Gasteiger partial charge on any atom is -0.382 e. The summed E-state index contributed by atoms with van der Waals surface area (Å²) in [4.78, 5) is 12.3. The van der Waals surface area contributed by atoms with Gasteiger partial charge in [0.25, 0.3) is 5.91 Å². The van der Waals surface area contributed by atoms with Crippen molar-refractivity contribution in [1.82, 2.24) is 0 Å². The molecule has 22 heavy (non-hydrogen) atoms. The molecule has 2 atom stereocenters. The highest BCUT2D eigenvalue weighted by molar-refractivity contribution is 5.96. The van der Waals surface area contributed by atoms with E-state index in [0.717, 1.165) is 23.4 Å². The molecule has 1 aliphatic rings. The molecule has 0 aliphatic heterocycles. The van der Waals surface area contributed by atoms with Crippen LogP contribution in [0.2, 0.25) is 0 Å². The predicted octanol–water partition coefficient (Wildman–Crippen LogP) is 1.86. The van der Waals surface area contributed by atoms with Gasteiger partial charge in [-0.15, -0.1) is 0 Å². The number of carbonyl (C=O) groups excluding carboxylic acids is 1. The molecule has 5 nitrogen and oxygen atoms in total. The molecule has 0 aromatic heterocycles. The summed E-state index contributed by atoms with van der Waals surface area (Å²) in [5.74, 6) is 5.85. The maximum absolute atomic E-state index is 12.3. The van der Waals surface area contributed by atoms with Crippen LogP contribution in [0.5, 0.6) is 0 Å². The number of hydrogen-bond donors (Lipinski definition) is 3. The van der Waals surface area contributed by atoms with Gasteiger partial charge < -0.3 is 10.8 Å². The summed E-state index contributed by atoms with van der Waals surface area (Å²) in [6.07, 6.45) is 5.40. The number of aryl methyl sites for hydroxylation is 1. The first-order valence-electron chi connectivity index (χ1n) is 8.08. The van der Waals surface area contributed by atoms with Gasteiger partial charge in [0, 0.05) is 6.04 Å². The normalized spacial score (nSPS) is 18.7. The fraction of sp³-hybridized carbons (Fsp3) is 0.588. The van der Waals surface area contributed by atoms with Crippen LogP contribution in [-0.4, -0.2) is 23.2 Å². The summed E-state index contributed by atoms with van der Waals surface area (Å²) in [5.41, 5.74) is 7.52. The largest absolute Gasteiger partial charge is 0.382 e. The molecule has 122 valence electrons. The van der Waals surface area contributed by atoms with E-state index in [1.54, 1.807) is 6.07 Å². The van der Waals surface area contributed by atoms with E-state index in [9.17, 15) is 9.90 Å². The van der Waals surface area contributed by atoms with E-state index in [1.807, 2.05) is 25.1 Å². The minimum atomic E-state index is -1.26. The lowest BCUT2D eigenvalue weighted by Gasteiger charge is -2.28. The van der Waals surface area contributed by atoms with E-state index in [4.69, 9.17) is 11.6 Å². The van der Waals surface area contributed by atoms with E-state index in [-0.39, 0.29) is 0 Å². The van der Waals surface area contributed by atoms with E-state index in [0.29, 0.717) is 18.0 Å². The summed E-state index contributed by atoms with van der Waals surface area (Å²) in [5, 5.41) is 11.3. The maximum atomic E-state index is 12.3. The number of carbonyl (C=O) groups is 1. The second-order valence-electron chi connectivity index (χ2n) is 6.34. The van der Waals surface area contributed by atoms with Gasteiger partial charge in [0.1, 0.15) is 6.10 Å². The van der Waals surface area contributed by atoms with Gasteiger partial charge >= 0.3 is 0 Å². The number of nitrogens with two attached hydrogens (primary N) is 2. The third-order valence-corrected chi connectivity index (χ3v) is 4.60. The lowest BCUT2D eigenvalue weighted by molar-refractivity contribution is -0.127. The van der Waals surface area contributed by atoms with Crippen LogP contribution in [0.15, 0.2) is 24.3 Å². The second-order valence-corrected chi connectivity index (χ2v) is 6.34. The van der Waals surface area contributed by atoms with Crippen LogP contribution in [0.25, 0.3) is 0 Å². The minimum absolute atomic E-state index is 0.510. The second kappa shape index (κ2) is 7.72. The SMILES string of the molecule is Cc1ccccc1N(N)C(=O)C(O)[C@H](N)CC1CCCCC1. The average molecular weight is 305 g/mol. The third kappa shape index (κ3) is 4.06. The monoisotopic (exact) mass is 305 g/mol. The molecular weight excluding hydrogens is 278 g/mol. The van der Waals surface area contributed by atoms with Gasteiger partial charge in [-0.05, 0) is 30.9 Å². The first kappa shape index (κ1) is 16.9. The Hall–Kier alpha value is -1.43. The van der Waals surface area contributed by atoms with Crippen molar-refractivity contribution in [2.24, 2.45) is 17.5 Å². The predicted molar refractivity (Wildman–Crippen MR) is 88.0 cm³/mol. The topological polar surface area (TPSA) is 92.6 Å².